The van der Waals surface area contributed by atoms with E-state index in [2.05, 4.69) is 68.5 Å². The van der Waals surface area contributed by atoms with Crippen molar-refractivity contribution in [3.05, 3.63) is 84.0 Å². The van der Waals surface area contributed by atoms with Gasteiger partial charge >= 0.3 is 116 Å². The van der Waals surface area contributed by atoms with Crippen LogP contribution in [0.15, 0.2) is 60.7 Å². The molecule has 0 spiro atoms. The number of allylic oxidation sites excluding steroid dienone is 4. The molecular weight excluding hydrogens is 558 g/mol. The molecule has 6 rings (SSSR count). The molecule has 3 heteroatoms. The third-order valence-corrected chi connectivity index (χ3v) is 10.6. The van der Waals surface area contributed by atoms with E-state index in [1.807, 2.05) is 21.4 Å². The van der Waals surface area contributed by atoms with Crippen molar-refractivity contribution in [2.24, 2.45) is 23.7 Å². The number of benzene rings is 2. The van der Waals surface area contributed by atoms with Gasteiger partial charge in [-0.2, -0.15) is 35.9 Å². The Morgan fingerprint density at radius 3 is 1.94 bits per heavy atom. The number of hydrogen-bond donors (Lipinski definition) is 0. The second-order valence-electron chi connectivity index (χ2n) is 10.5. The fraction of sp³-hybridized carbons (Fsp3) is 0.485. The van der Waals surface area contributed by atoms with Crippen molar-refractivity contribution in [1.82, 2.24) is 0 Å². The Kier molecular flexibility index (Phi) is 14.2. The van der Waals surface area contributed by atoms with Crippen molar-refractivity contribution in [1.29, 1.82) is 0 Å². The van der Waals surface area contributed by atoms with E-state index in [4.69, 9.17) is 0 Å². The topological polar surface area (TPSA) is 0 Å². The Hall–Kier alpha value is -0.747. The molecule has 2 saturated carbocycles. The molecule has 0 radical (unpaired) electrons. The molecule has 36 heavy (non-hydrogen) atoms. The molecule has 4 aliphatic rings. The number of hydrogen-bond acceptors (Lipinski definition) is 0. The SMILES string of the molecule is CC([C](=[Zr+2])C(C)C1CCCC1)C1CCCC1.[C-]1=CC=CC1.[Cl-].[Cl-].[c-]1cccc2c1Cc1ccccc1-2. The Bertz CT molecular complexity index is 919. The summed E-state index contributed by atoms with van der Waals surface area (Å²) in [6, 6.07) is 18.1. The summed E-state index contributed by atoms with van der Waals surface area (Å²) in [7, 11) is 0. The maximum absolute atomic E-state index is 3.30. The minimum atomic E-state index is 0. The third kappa shape index (κ3) is 8.38. The minimum Gasteiger partial charge on any atom is -1.00 e. The second kappa shape index (κ2) is 16.3. The average Bonchev–Trinajstić information content (AvgIpc) is 3.70. The zero-order valence-corrected chi connectivity index (χ0v) is 25.9. The van der Waals surface area contributed by atoms with Gasteiger partial charge in [0.05, 0.1) is 0 Å². The Morgan fingerprint density at radius 2 is 1.42 bits per heavy atom. The summed E-state index contributed by atoms with van der Waals surface area (Å²) in [5.41, 5.74) is 5.51. The van der Waals surface area contributed by atoms with Gasteiger partial charge in [-0.1, -0.05) is 35.4 Å². The van der Waals surface area contributed by atoms with Crippen LogP contribution in [0.25, 0.3) is 11.1 Å². The van der Waals surface area contributed by atoms with Gasteiger partial charge in [-0.15, -0.1) is 12.0 Å². The molecule has 2 fully saturated rings. The van der Waals surface area contributed by atoms with E-state index in [1.165, 1.54) is 73.6 Å². The molecule has 4 aliphatic carbocycles. The first-order valence-corrected chi connectivity index (χ1v) is 14.8. The Balaban J connectivity index is 0.000000205. The van der Waals surface area contributed by atoms with Gasteiger partial charge in [-0.25, -0.2) is 12.2 Å². The fourth-order valence-electron chi connectivity index (χ4n) is 6.18. The van der Waals surface area contributed by atoms with E-state index in [9.17, 15) is 0 Å². The van der Waals surface area contributed by atoms with Gasteiger partial charge in [0, 0.05) is 0 Å². The maximum atomic E-state index is 3.30. The fourth-order valence-corrected chi connectivity index (χ4v) is 7.33. The smallest absolute Gasteiger partial charge is 0.0253 e. The summed E-state index contributed by atoms with van der Waals surface area (Å²) in [4.78, 5) is 0. The van der Waals surface area contributed by atoms with Crippen molar-refractivity contribution in [2.75, 3.05) is 0 Å². The molecule has 0 nitrogen and oxygen atoms in total. The molecule has 2 atom stereocenters. The zero-order valence-electron chi connectivity index (χ0n) is 21.9. The van der Waals surface area contributed by atoms with E-state index in [-0.39, 0.29) is 24.8 Å². The molecule has 0 amide bonds. The standard InChI is InChI=1S/C15H26.C13H9.C5H5.2ClH.Zr/c1-12(14-7-3-4-8-14)11-13(2)15-9-5-6-10-15;1-3-7-12-10(5-1)9-11-6-2-4-8-13(11)12;1-2-4-5-3-1;;;/h12-15H,3-10H2,1-2H3;1-5,7-8H,9H2;1-3H,4H2;2*1H;/q;2*-1;;;+2/p-2. The van der Waals surface area contributed by atoms with Crippen molar-refractivity contribution in [3.8, 4) is 11.1 Å². The van der Waals surface area contributed by atoms with Crippen LogP contribution in [0.5, 0.6) is 0 Å². The minimum absolute atomic E-state index is 0. The molecule has 192 valence electrons. The van der Waals surface area contributed by atoms with Gasteiger partial charge in [0.25, 0.3) is 0 Å². The molecule has 2 unspecified atom stereocenters. The quantitative estimate of drug-likeness (QED) is 0.406. The molecule has 0 bridgehead atoms. The maximum Gasteiger partial charge on any atom is -0.0253 e. The Labute approximate surface area is 247 Å². The van der Waals surface area contributed by atoms with Crippen LogP contribution in [0, 0.1) is 35.8 Å². The average molecular weight is 599 g/mol. The predicted molar refractivity (Wildman–Crippen MR) is 142 cm³/mol. The van der Waals surface area contributed by atoms with Crippen LogP contribution in [0.1, 0.15) is 82.8 Å². The summed E-state index contributed by atoms with van der Waals surface area (Å²) in [6.07, 6.45) is 23.1. The van der Waals surface area contributed by atoms with Crippen LogP contribution in [0.2, 0.25) is 0 Å². The van der Waals surface area contributed by atoms with Crippen LogP contribution < -0.4 is 24.8 Å². The van der Waals surface area contributed by atoms with Gasteiger partial charge in [-0.3, -0.25) is 6.08 Å². The van der Waals surface area contributed by atoms with Crippen LogP contribution in [0.3, 0.4) is 0 Å². The van der Waals surface area contributed by atoms with E-state index < -0.39 is 0 Å². The van der Waals surface area contributed by atoms with Gasteiger partial charge in [0.2, 0.25) is 0 Å². The van der Waals surface area contributed by atoms with Crippen molar-refractivity contribution in [3.63, 3.8) is 0 Å². The van der Waals surface area contributed by atoms with E-state index >= 15 is 0 Å². The predicted octanol–water partition coefficient (Wildman–Crippen LogP) is 2.73. The van der Waals surface area contributed by atoms with Crippen molar-refractivity contribution in [2.45, 2.75) is 78.1 Å². The van der Waals surface area contributed by atoms with E-state index in [1.54, 1.807) is 24.2 Å². The van der Waals surface area contributed by atoms with Crippen LogP contribution >= 0.6 is 0 Å². The molecule has 0 saturated heterocycles. The summed E-state index contributed by atoms with van der Waals surface area (Å²) < 4.78 is 1.91. The summed E-state index contributed by atoms with van der Waals surface area (Å²) in [5, 5.41) is 0. The Morgan fingerprint density at radius 1 is 0.833 bits per heavy atom. The summed E-state index contributed by atoms with van der Waals surface area (Å²) in [6.45, 7) is 5.04. The monoisotopic (exact) mass is 596 g/mol. The molecule has 2 aromatic rings. The van der Waals surface area contributed by atoms with Gasteiger partial charge in [-0.05, 0) is 6.42 Å². The number of halogens is 2. The van der Waals surface area contributed by atoms with E-state index in [0.29, 0.717) is 0 Å². The van der Waals surface area contributed by atoms with Crippen LogP contribution in [0.4, 0.5) is 0 Å². The summed E-state index contributed by atoms with van der Waals surface area (Å²) >= 11 is 1.73. The van der Waals surface area contributed by atoms with Crippen molar-refractivity contribution >= 4 is 3.21 Å². The normalized spacial score (nSPS) is 19.0. The first-order valence-electron chi connectivity index (χ1n) is 13.5. The molecule has 0 heterocycles. The van der Waals surface area contributed by atoms with Crippen molar-refractivity contribution < 1.29 is 49.0 Å². The van der Waals surface area contributed by atoms with Crippen LogP contribution in [-0.2, 0) is 30.7 Å². The molecular formula is C33H40Cl2Zr-2. The molecule has 0 aliphatic heterocycles. The molecule has 2 aromatic carbocycles. The number of fused-ring (bicyclic) bond motifs is 3. The second-order valence-corrected chi connectivity index (χ2v) is 11.9. The molecule has 0 aromatic heterocycles. The first-order chi connectivity index (χ1) is 16.6. The largest absolute Gasteiger partial charge is 1.00 e. The van der Waals surface area contributed by atoms with E-state index in [0.717, 1.165) is 36.5 Å². The summed E-state index contributed by atoms with van der Waals surface area (Å²) in [5.74, 6) is 3.93. The zero-order chi connectivity index (χ0) is 23.8. The third-order valence-electron chi connectivity index (χ3n) is 8.40. The first kappa shape index (κ1) is 31.5. The van der Waals surface area contributed by atoms with Crippen LogP contribution in [-0.4, -0.2) is 3.21 Å². The van der Waals surface area contributed by atoms with Gasteiger partial charge in [0.15, 0.2) is 0 Å². The number of rotatable bonds is 4. The molecule has 0 N–H and O–H groups in total. The van der Waals surface area contributed by atoms with Gasteiger partial charge in [0.1, 0.15) is 0 Å². The van der Waals surface area contributed by atoms with Gasteiger partial charge < -0.3 is 24.8 Å².